The summed E-state index contributed by atoms with van der Waals surface area (Å²) in [5.74, 6) is 0.360. The zero-order valence-electron chi connectivity index (χ0n) is 8.79. The van der Waals surface area contributed by atoms with E-state index in [9.17, 15) is 4.39 Å². The van der Waals surface area contributed by atoms with E-state index in [0.29, 0.717) is 17.4 Å². The van der Waals surface area contributed by atoms with Crippen molar-refractivity contribution in [2.75, 3.05) is 0 Å². The first-order valence-electron chi connectivity index (χ1n) is 4.97. The van der Waals surface area contributed by atoms with Crippen LogP contribution < -0.4 is 4.74 Å². The fourth-order valence-electron chi connectivity index (χ4n) is 1.33. The minimum atomic E-state index is -0.273. The zero-order valence-corrected chi connectivity index (χ0v) is 11.1. The van der Waals surface area contributed by atoms with Crippen molar-refractivity contribution in [2.45, 2.75) is 6.61 Å². The van der Waals surface area contributed by atoms with Crippen LogP contribution in [0.2, 0.25) is 5.02 Å². The summed E-state index contributed by atoms with van der Waals surface area (Å²) in [7, 11) is 0. The van der Waals surface area contributed by atoms with Crippen molar-refractivity contribution < 1.29 is 9.13 Å². The topological polar surface area (TPSA) is 9.23 Å². The summed E-state index contributed by atoms with van der Waals surface area (Å²) in [6.07, 6.45) is 0. The van der Waals surface area contributed by atoms with Crippen LogP contribution in [0, 0.1) is 5.82 Å². The molecular formula is C13H9BrClFO. The van der Waals surface area contributed by atoms with Gasteiger partial charge in [-0.15, -0.1) is 0 Å². The van der Waals surface area contributed by atoms with E-state index in [1.54, 1.807) is 18.2 Å². The summed E-state index contributed by atoms with van der Waals surface area (Å²) in [6.45, 7) is 0.406. The first-order valence-corrected chi connectivity index (χ1v) is 6.14. The van der Waals surface area contributed by atoms with Gasteiger partial charge in [0.05, 0.1) is 0 Å². The third kappa shape index (κ3) is 3.45. The third-order valence-electron chi connectivity index (χ3n) is 2.22. The second-order valence-corrected chi connectivity index (χ2v) is 4.77. The molecule has 1 nitrogen and oxygen atoms in total. The van der Waals surface area contributed by atoms with Crippen LogP contribution in [0.15, 0.2) is 46.9 Å². The molecule has 0 aromatic heterocycles. The second-order valence-electron chi connectivity index (χ2n) is 3.48. The van der Waals surface area contributed by atoms with Crippen LogP contribution in [-0.4, -0.2) is 0 Å². The van der Waals surface area contributed by atoms with Gasteiger partial charge in [0.15, 0.2) is 0 Å². The van der Waals surface area contributed by atoms with Crippen molar-refractivity contribution >= 4 is 27.5 Å². The molecule has 0 aliphatic rings. The molecule has 0 N–H and O–H groups in total. The molecule has 0 saturated heterocycles. The standard InChI is InChI=1S/C13H9BrClFO/c14-13-7-10(15)2-1-9(13)8-17-12-5-3-11(16)4-6-12/h1-7H,8H2. The van der Waals surface area contributed by atoms with Gasteiger partial charge in [0.1, 0.15) is 18.2 Å². The number of rotatable bonds is 3. The second kappa shape index (κ2) is 5.52. The Balaban J connectivity index is 2.04. The van der Waals surface area contributed by atoms with E-state index >= 15 is 0 Å². The Hall–Kier alpha value is -1.06. The lowest BCUT2D eigenvalue weighted by molar-refractivity contribution is 0.305. The van der Waals surface area contributed by atoms with Crippen LogP contribution in [0.5, 0.6) is 5.75 Å². The van der Waals surface area contributed by atoms with Crippen molar-refractivity contribution in [1.29, 1.82) is 0 Å². The van der Waals surface area contributed by atoms with E-state index in [4.69, 9.17) is 16.3 Å². The molecule has 17 heavy (non-hydrogen) atoms. The van der Waals surface area contributed by atoms with Gasteiger partial charge in [0, 0.05) is 15.1 Å². The molecule has 0 fully saturated rings. The highest BCUT2D eigenvalue weighted by atomic mass is 79.9. The average molecular weight is 316 g/mol. The van der Waals surface area contributed by atoms with Crippen LogP contribution in [0.3, 0.4) is 0 Å². The molecule has 0 spiro atoms. The van der Waals surface area contributed by atoms with Gasteiger partial charge < -0.3 is 4.74 Å². The molecule has 88 valence electrons. The highest BCUT2D eigenvalue weighted by Crippen LogP contribution is 2.23. The molecule has 2 aromatic rings. The summed E-state index contributed by atoms with van der Waals surface area (Å²) in [4.78, 5) is 0. The van der Waals surface area contributed by atoms with Crippen LogP contribution in [0.1, 0.15) is 5.56 Å². The Morgan fingerprint density at radius 1 is 1.12 bits per heavy atom. The normalized spacial score (nSPS) is 10.3. The fourth-order valence-corrected chi connectivity index (χ4v) is 2.13. The first-order chi connectivity index (χ1) is 8.15. The fraction of sp³-hybridized carbons (Fsp3) is 0.0769. The highest BCUT2D eigenvalue weighted by molar-refractivity contribution is 9.10. The highest BCUT2D eigenvalue weighted by Gasteiger charge is 2.02. The SMILES string of the molecule is Fc1ccc(OCc2ccc(Cl)cc2Br)cc1. The van der Waals surface area contributed by atoms with Crippen molar-refractivity contribution in [1.82, 2.24) is 0 Å². The summed E-state index contributed by atoms with van der Waals surface area (Å²) >= 11 is 9.25. The Morgan fingerprint density at radius 2 is 1.82 bits per heavy atom. The minimum absolute atomic E-state index is 0.273. The number of halogens is 3. The number of benzene rings is 2. The molecule has 0 heterocycles. The molecule has 4 heteroatoms. The van der Waals surface area contributed by atoms with Gasteiger partial charge in [-0.05, 0) is 36.4 Å². The molecule has 2 rings (SSSR count). The summed E-state index contributed by atoms with van der Waals surface area (Å²) in [5, 5.41) is 0.669. The Bertz CT molecular complexity index is 513. The Morgan fingerprint density at radius 3 is 2.47 bits per heavy atom. The molecule has 2 aromatic carbocycles. The number of ether oxygens (including phenoxy) is 1. The quantitative estimate of drug-likeness (QED) is 0.789. The van der Waals surface area contributed by atoms with Gasteiger partial charge in [0.25, 0.3) is 0 Å². The van der Waals surface area contributed by atoms with E-state index < -0.39 is 0 Å². The third-order valence-corrected chi connectivity index (χ3v) is 3.20. The Labute approximate surface area is 112 Å². The lowest BCUT2D eigenvalue weighted by atomic mass is 10.2. The Kier molecular flexibility index (Phi) is 4.02. The average Bonchev–Trinajstić information content (AvgIpc) is 2.30. The van der Waals surface area contributed by atoms with Crippen molar-refractivity contribution in [3.63, 3.8) is 0 Å². The van der Waals surface area contributed by atoms with Gasteiger partial charge in [-0.2, -0.15) is 0 Å². The number of hydrogen-bond acceptors (Lipinski definition) is 1. The molecule has 0 aliphatic carbocycles. The molecule has 0 aliphatic heterocycles. The van der Waals surface area contributed by atoms with Crippen molar-refractivity contribution in [3.05, 3.63) is 63.3 Å². The minimum Gasteiger partial charge on any atom is -0.489 e. The van der Waals surface area contributed by atoms with E-state index in [1.165, 1.54) is 12.1 Å². The summed E-state index contributed by atoms with van der Waals surface area (Å²) in [5.41, 5.74) is 0.985. The molecule has 0 amide bonds. The predicted molar refractivity (Wildman–Crippen MR) is 69.9 cm³/mol. The van der Waals surface area contributed by atoms with Crippen LogP contribution >= 0.6 is 27.5 Å². The van der Waals surface area contributed by atoms with E-state index in [2.05, 4.69) is 15.9 Å². The molecule has 0 saturated carbocycles. The van der Waals surface area contributed by atoms with Gasteiger partial charge >= 0.3 is 0 Å². The molecule has 0 bridgehead atoms. The number of hydrogen-bond donors (Lipinski definition) is 0. The summed E-state index contributed by atoms with van der Waals surface area (Å²) < 4.78 is 19.1. The van der Waals surface area contributed by atoms with Gasteiger partial charge in [-0.25, -0.2) is 4.39 Å². The van der Waals surface area contributed by atoms with Crippen LogP contribution in [0.25, 0.3) is 0 Å². The van der Waals surface area contributed by atoms with E-state index in [-0.39, 0.29) is 5.82 Å². The van der Waals surface area contributed by atoms with Crippen molar-refractivity contribution in [3.8, 4) is 5.75 Å². The lowest BCUT2D eigenvalue weighted by Gasteiger charge is -2.08. The van der Waals surface area contributed by atoms with Gasteiger partial charge in [-0.3, -0.25) is 0 Å². The monoisotopic (exact) mass is 314 g/mol. The maximum Gasteiger partial charge on any atom is 0.123 e. The molecule has 0 atom stereocenters. The van der Waals surface area contributed by atoms with Crippen LogP contribution in [0.4, 0.5) is 4.39 Å². The molecule has 0 radical (unpaired) electrons. The first kappa shape index (κ1) is 12.4. The zero-order chi connectivity index (χ0) is 12.3. The predicted octanol–water partition coefficient (Wildman–Crippen LogP) is 4.82. The molecular weight excluding hydrogens is 306 g/mol. The smallest absolute Gasteiger partial charge is 0.123 e. The van der Waals surface area contributed by atoms with Gasteiger partial charge in [0.2, 0.25) is 0 Å². The maximum absolute atomic E-state index is 12.7. The van der Waals surface area contributed by atoms with E-state index in [0.717, 1.165) is 10.0 Å². The van der Waals surface area contributed by atoms with Crippen LogP contribution in [-0.2, 0) is 6.61 Å². The summed E-state index contributed by atoms with van der Waals surface area (Å²) in [6, 6.07) is 11.4. The van der Waals surface area contributed by atoms with Crippen molar-refractivity contribution in [2.24, 2.45) is 0 Å². The largest absolute Gasteiger partial charge is 0.489 e. The lowest BCUT2D eigenvalue weighted by Crippen LogP contribution is -1.96. The maximum atomic E-state index is 12.7. The molecule has 0 unspecified atom stereocenters. The van der Waals surface area contributed by atoms with E-state index in [1.807, 2.05) is 12.1 Å². The van der Waals surface area contributed by atoms with Gasteiger partial charge in [-0.1, -0.05) is 33.6 Å².